The van der Waals surface area contributed by atoms with Gasteiger partial charge in [-0.3, -0.25) is 0 Å². The number of benzene rings is 1. The monoisotopic (exact) mass is 460 g/mol. The summed E-state index contributed by atoms with van der Waals surface area (Å²) in [4.78, 5) is 2.37. The zero-order valence-electron chi connectivity index (χ0n) is 19.3. The number of fused-ring (bicyclic) bond motifs is 1. The van der Waals surface area contributed by atoms with Gasteiger partial charge in [-0.05, 0) is 62.0 Å². The maximum absolute atomic E-state index is 10.8. The number of piperidine rings is 1. The summed E-state index contributed by atoms with van der Waals surface area (Å²) in [5.74, 6) is 1.53. The molecule has 2 aliphatic heterocycles. The average Bonchev–Trinajstić information content (AvgIpc) is 3.44. The summed E-state index contributed by atoms with van der Waals surface area (Å²) in [6.07, 6.45) is 7.13. The van der Waals surface area contributed by atoms with Crippen molar-refractivity contribution in [3.63, 3.8) is 0 Å². The van der Waals surface area contributed by atoms with Crippen molar-refractivity contribution < 1.29 is 28.9 Å². The number of likely N-dealkylation sites (tertiary alicyclic amines) is 1. The molecule has 0 spiro atoms. The lowest BCUT2D eigenvalue weighted by molar-refractivity contribution is -0.0834. The molecule has 0 radical (unpaired) electrons. The van der Waals surface area contributed by atoms with Gasteiger partial charge in [0.15, 0.2) is 5.58 Å². The Kier molecular flexibility index (Phi) is 6.79. The van der Waals surface area contributed by atoms with Crippen LogP contribution in [0, 0.1) is 5.92 Å². The fourth-order valence-electron chi connectivity index (χ4n) is 5.38. The van der Waals surface area contributed by atoms with E-state index in [2.05, 4.69) is 10.1 Å². The first-order chi connectivity index (χ1) is 16.0. The van der Waals surface area contributed by atoms with Crippen LogP contribution in [0.15, 0.2) is 22.7 Å². The molecule has 0 atom stereocenters. The lowest BCUT2D eigenvalue weighted by Gasteiger charge is -2.39. The van der Waals surface area contributed by atoms with Crippen molar-refractivity contribution >= 4 is 11.0 Å². The maximum Gasteiger partial charge on any atom is 0.265 e. The van der Waals surface area contributed by atoms with Gasteiger partial charge in [0.1, 0.15) is 17.7 Å². The quantitative estimate of drug-likeness (QED) is 0.620. The number of aromatic nitrogens is 1. The molecule has 1 aliphatic carbocycles. The van der Waals surface area contributed by atoms with Gasteiger partial charge in [0.05, 0.1) is 17.8 Å². The number of rotatable bonds is 8. The third-order valence-electron chi connectivity index (χ3n) is 7.56. The van der Waals surface area contributed by atoms with Gasteiger partial charge in [-0.2, -0.15) is 0 Å². The van der Waals surface area contributed by atoms with Gasteiger partial charge in [-0.1, -0.05) is 18.9 Å². The number of ether oxygens (including phenoxy) is 3. The van der Waals surface area contributed by atoms with Gasteiger partial charge in [-0.15, -0.1) is 0 Å². The van der Waals surface area contributed by atoms with E-state index in [0.29, 0.717) is 43.0 Å². The van der Waals surface area contributed by atoms with Crippen molar-refractivity contribution in [1.29, 1.82) is 0 Å². The molecule has 1 aromatic heterocycles. The molecule has 0 unspecified atom stereocenters. The van der Waals surface area contributed by atoms with Crippen LogP contribution in [0.4, 0.5) is 0 Å². The summed E-state index contributed by atoms with van der Waals surface area (Å²) in [7, 11) is 0. The summed E-state index contributed by atoms with van der Waals surface area (Å²) >= 11 is 0. The van der Waals surface area contributed by atoms with E-state index in [1.54, 1.807) is 0 Å². The number of hydrogen-bond acceptors (Lipinski definition) is 8. The summed E-state index contributed by atoms with van der Waals surface area (Å²) in [6, 6.07) is 5.60. The molecule has 182 valence electrons. The zero-order valence-corrected chi connectivity index (χ0v) is 19.3. The van der Waals surface area contributed by atoms with Crippen LogP contribution in [-0.4, -0.2) is 77.5 Å². The molecule has 2 N–H and O–H groups in total. The van der Waals surface area contributed by atoms with E-state index in [1.165, 1.54) is 0 Å². The molecule has 3 heterocycles. The van der Waals surface area contributed by atoms with Gasteiger partial charge < -0.3 is 33.8 Å². The second-order valence-electron chi connectivity index (χ2n) is 10.2. The van der Waals surface area contributed by atoms with Crippen molar-refractivity contribution in [3.05, 3.63) is 18.2 Å². The fraction of sp³-hybridized carbons (Fsp3) is 0.720. The molecule has 3 fully saturated rings. The van der Waals surface area contributed by atoms with Crippen molar-refractivity contribution in [2.24, 2.45) is 5.92 Å². The average molecular weight is 461 g/mol. The highest BCUT2D eigenvalue weighted by atomic mass is 16.5. The third kappa shape index (κ3) is 5.45. The first-order valence-electron chi connectivity index (χ1n) is 12.4. The number of nitrogens with zero attached hydrogens (tertiary/aromatic N) is 2. The molecule has 5 rings (SSSR count). The Morgan fingerprint density at radius 2 is 1.76 bits per heavy atom. The van der Waals surface area contributed by atoms with E-state index >= 15 is 0 Å². The summed E-state index contributed by atoms with van der Waals surface area (Å²) in [5, 5.41) is 26.3. The standard InChI is InChI=1S/C25H36N2O6/c28-24(10-14-30-15-11-24)17-27-12-6-19(7-13-27)16-31-23-22-20(4-3-5-21(22)33-26-23)32-18-25(29)8-1-2-9-25/h3-5,19,28-29H,1-2,6-18H2. The first kappa shape index (κ1) is 22.9. The molecule has 1 saturated carbocycles. The van der Waals surface area contributed by atoms with Gasteiger partial charge in [0.2, 0.25) is 0 Å². The van der Waals surface area contributed by atoms with Gasteiger partial charge in [0, 0.05) is 32.6 Å². The van der Waals surface area contributed by atoms with Crippen LogP contribution in [0.25, 0.3) is 11.0 Å². The van der Waals surface area contributed by atoms with E-state index in [0.717, 1.165) is 76.4 Å². The second kappa shape index (κ2) is 9.78. The predicted molar refractivity (Wildman–Crippen MR) is 123 cm³/mol. The highest BCUT2D eigenvalue weighted by Crippen LogP contribution is 2.36. The molecule has 0 bridgehead atoms. The van der Waals surface area contributed by atoms with Crippen LogP contribution in [0.3, 0.4) is 0 Å². The number of hydrogen-bond donors (Lipinski definition) is 2. The van der Waals surface area contributed by atoms with E-state index in [1.807, 2.05) is 18.2 Å². The minimum atomic E-state index is -0.744. The van der Waals surface area contributed by atoms with Crippen molar-refractivity contribution in [1.82, 2.24) is 10.1 Å². The molecule has 8 heteroatoms. The molecule has 33 heavy (non-hydrogen) atoms. The molecule has 0 amide bonds. The SMILES string of the molecule is OC1(COc2cccc3onc(OCC4CCN(CC5(O)CCOCC5)CC4)c23)CCCC1. The normalized spacial score (nSPS) is 23.7. The Labute approximate surface area is 194 Å². The topological polar surface area (TPSA) is 97.4 Å². The Bertz CT molecular complexity index is 911. The van der Waals surface area contributed by atoms with Gasteiger partial charge >= 0.3 is 0 Å². The van der Waals surface area contributed by atoms with Gasteiger partial charge in [0.25, 0.3) is 5.88 Å². The number of aliphatic hydroxyl groups is 2. The fourth-order valence-corrected chi connectivity index (χ4v) is 5.38. The van der Waals surface area contributed by atoms with Crippen LogP contribution in [-0.2, 0) is 4.74 Å². The smallest absolute Gasteiger partial charge is 0.265 e. The van der Waals surface area contributed by atoms with Crippen molar-refractivity contribution in [2.75, 3.05) is 46.1 Å². The Hall–Kier alpha value is -1.87. The second-order valence-corrected chi connectivity index (χ2v) is 10.2. The van der Waals surface area contributed by atoms with E-state index in [4.69, 9.17) is 18.7 Å². The van der Waals surface area contributed by atoms with E-state index in [9.17, 15) is 10.2 Å². The minimum Gasteiger partial charge on any atom is -0.490 e. The molecule has 8 nitrogen and oxygen atoms in total. The third-order valence-corrected chi connectivity index (χ3v) is 7.56. The highest BCUT2D eigenvalue weighted by Gasteiger charge is 2.34. The molecular weight excluding hydrogens is 424 g/mol. The van der Waals surface area contributed by atoms with Crippen LogP contribution in [0.5, 0.6) is 11.6 Å². The largest absolute Gasteiger partial charge is 0.490 e. The highest BCUT2D eigenvalue weighted by molar-refractivity contribution is 5.88. The Morgan fingerprint density at radius 1 is 1.00 bits per heavy atom. The Balaban J connectivity index is 1.15. The van der Waals surface area contributed by atoms with E-state index < -0.39 is 11.2 Å². The minimum absolute atomic E-state index is 0.271. The maximum atomic E-state index is 10.8. The van der Waals surface area contributed by atoms with Crippen molar-refractivity contribution in [3.8, 4) is 11.6 Å². The summed E-state index contributed by atoms with van der Waals surface area (Å²) in [6.45, 7) is 4.80. The molecular formula is C25H36N2O6. The molecule has 3 aliphatic rings. The van der Waals surface area contributed by atoms with Crippen LogP contribution in [0.2, 0.25) is 0 Å². The Morgan fingerprint density at radius 3 is 2.52 bits per heavy atom. The zero-order chi connectivity index (χ0) is 22.7. The molecule has 2 aromatic rings. The number of β-amino-alcohol motifs (C(OH)–C–C–N with tert-alkyl or cyclic N) is 1. The molecule has 1 aromatic carbocycles. The lowest BCUT2D eigenvalue weighted by atomic mass is 9.91. The summed E-state index contributed by atoms with van der Waals surface area (Å²) in [5.41, 5.74) is -0.726. The molecule has 2 saturated heterocycles. The summed E-state index contributed by atoms with van der Waals surface area (Å²) < 4.78 is 23.0. The van der Waals surface area contributed by atoms with Crippen LogP contribution in [0.1, 0.15) is 51.4 Å². The van der Waals surface area contributed by atoms with Crippen LogP contribution >= 0.6 is 0 Å². The van der Waals surface area contributed by atoms with Crippen molar-refractivity contribution in [2.45, 2.75) is 62.6 Å². The first-order valence-corrected chi connectivity index (χ1v) is 12.4. The lowest BCUT2D eigenvalue weighted by Crippen LogP contribution is -2.49. The van der Waals surface area contributed by atoms with Crippen LogP contribution < -0.4 is 9.47 Å². The van der Waals surface area contributed by atoms with E-state index in [-0.39, 0.29) is 6.61 Å². The predicted octanol–water partition coefficient (Wildman–Crippen LogP) is 3.14. The van der Waals surface area contributed by atoms with Gasteiger partial charge in [-0.25, -0.2) is 0 Å².